The van der Waals surface area contributed by atoms with Gasteiger partial charge in [0.1, 0.15) is 11.9 Å². The van der Waals surface area contributed by atoms with Gasteiger partial charge in [-0.1, -0.05) is 12.1 Å². The van der Waals surface area contributed by atoms with Crippen LogP contribution in [-0.4, -0.2) is 36.3 Å². The summed E-state index contributed by atoms with van der Waals surface area (Å²) < 4.78 is 13.1. The van der Waals surface area contributed by atoms with E-state index in [-0.39, 0.29) is 17.6 Å². The Kier molecular flexibility index (Phi) is 5.09. The van der Waals surface area contributed by atoms with Crippen LogP contribution in [0.15, 0.2) is 30.3 Å². The minimum Gasteiger partial charge on any atom is -0.357 e. The zero-order valence-corrected chi connectivity index (χ0v) is 12.0. The Morgan fingerprint density at radius 1 is 1.38 bits per heavy atom. The molecule has 1 atom stereocenters. The average molecular weight is 290 g/mol. The minimum atomic E-state index is -0.409. The van der Waals surface area contributed by atoms with Crippen molar-refractivity contribution >= 4 is 17.9 Å². The third kappa shape index (κ3) is 3.90. The molecule has 4 nitrogen and oxygen atoms in total. The highest BCUT2D eigenvalue weighted by Gasteiger charge is 2.30. The Morgan fingerprint density at radius 3 is 2.90 bits per heavy atom. The maximum Gasteiger partial charge on any atom is 0.247 e. The van der Waals surface area contributed by atoms with Crippen LogP contribution >= 0.6 is 0 Å². The van der Waals surface area contributed by atoms with Gasteiger partial charge in [0.05, 0.1) is 0 Å². The van der Waals surface area contributed by atoms with Gasteiger partial charge in [-0.2, -0.15) is 0 Å². The number of piperidine rings is 1. The lowest BCUT2D eigenvalue weighted by Crippen LogP contribution is -2.50. The number of likely N-dealkylation sites (tertiary alicyclic amines) is 1. The van der Waals surface area contributed by atoms with E-state index in [1.807, 2.05) is 0 Å². The molecule has 1 aromatic carbocycles. The van der Waals surface area contributed by atoms with Crippen molar-refractivity contribution in [3.8, 4) is 0 Å². The molecule has 1 N–H and O–H groups in total. The molecule has 2 amide bonds. The van der Waals surface area contributed by atoms with E-state index >= 15 is 0 Å². The van der Waals surface area contributed by atoms with Gasteiger partial charge >= 0.3 is 0 Å². The first-order valence-electron chi connectivity index (χ1n) is 7.07. The van der Waals surface area contributed by atoms with E-state index in [1.165, 1.54) is 18.2 Å². The first kappa shape index (κ1) is 15.2. The first-order chi connectivity index (χ1) is 10.1. The summed E-state index contributed by atoms with van der Waals surface area (Å²) in [5.74, 6) is -0.694. The first-order valence-corrected chi connectivity index (χ1v) is 7.07. The lowest BCUT2D eigenvalue weighted by molar-refractivity contribution is -0.138. The molecule has 0 radical (unpaired) electrons. The molecule has 1 aliphatic rings. The van der Waals surface area contributed by atoms with Crippen LogP contribution in [0.4, 0.5) is 4.39 Å². The summed E-state index contributed by atoms with van der Waals surface area (Å²) >= 11 is 0. The van der Waals surface area contributed by atoms with Crippen LogP contribution in [0.3, 0.4) is 0 Å². The predicted octanol–water partition coefficient (Wildman–Crippen LogP) is 1.97. The quantitative estimate of drug-likeness (QED) is 0.865. The van der Waals surface area contributed by atoms with Crippen LogP contribution in [0, 0.1) is 5.82 Å². The molecule has 1 saturated heterocycles. The summed E-state index contributed by atoms with van der Waals surface area (Å²) in [5, 5.41) is 2.59. The lowest BCUT2D eigenvalue weighted by Gasteiger charge is -2.33. The lowest BCUT2D eigenvalue weighted by atomic mass is 10.0. The monoisotopic (exact) mass is 290 g/mol. The fourth-order valence-corrected chi connectivity index (χ4v) is 2.51. The maximum atomic E-state index is 13.1. The summed E-state index contributed by atoms with van der Waals surface area (Å²) in [6, 6.07) is 5.61. The standard InChI is InChI=1S/C16H19FN2O2/c1-18-16(21)14-7-2-3-10-19(14)15(20)9-8-12-5-4-6-13(17)11-12/h4-6,8-9,11,14H,2-3,7,10H2,1H3,(H,18,21)/b9-8+. The number of hydrogen-bond acceptors (Lipinski definition) is 2. The van der Waals surface area contributed by atoms with Gasteiger partial charge in [-0.05, 0) is 43.0 Å². The number of rotatable bonds is 3. The van der Waals surface area contributed by atoms with Crippen LogP contribution in [-0.2, 0) is 9.59 Å². The summed E-state index contributed by atoms with van der Waals surface area (Å²) in [5.41, 5.74) is 0.622. The molecule has 1 heterocycles. The Bertz CT molecular complexity index is 557. The van der Waals surface area contributed by atoms with Crippen molar-refractivity contribution in [2.24, 2.45) is 0 Å². The van der Waals surface area contributed by atoms with Gasteiger partial charge < -0.3 is 10.2 Å². The van der Waals surface area contributed by atoms with Crippen molar-refractivity contribution in [2.45, 2.75) is 25.3 Å². The van der Waals surface area contributed by atoms with Crippen molar-refractivity contribution in [1.29, 1.82) is 0 Å². The molecule has 0 spiro atoms. The van der Waals surface area contributed by atoms with Crippen LogP contribution in [0.25, 0.3) is 6.08 Å². The van der Waals surface area contributed by atoms with Gasteiger partial charge in [0, 0.05) is 19.7 Å². The van der Waals surface area contributed by atoms with Gasteiger partial charge in [-0.3, -0.25) is 9.59 Å². The predicted molar refractivity (Wildman–Crippen MR) is 78.9 cm³/mol. The van der Waals surface area contributed by atoms with Crippen molar-refractivity contribution < 1.29 is 14.0 Å². The van der Waals surface area contributed by atoms with Crippen molar-refractivity contribution in [1.82, 2.24) is 10.2 Å². The van der Waals surface area contributed by atoms with Gasteiger partial charge in [0.2, 0.25) is 11.8 Å². The largest absolute Gasteiger partial charge is 0.357 e. The van der Waals surface area contributed by atoms with E-state index < -0.39 is 6.04 Å². The zero-order chi connectivity index (χ0) is 15.2. The number of carbonyl (C=O) groups excluding carboxylic acids is 2. The Labute approximate surface area is 123 Å². The van der Waals surface area contributed by atoms with E-state index in [2.05, 4.69) is 5.32 Å². The van der Waals surface area contributed by atoms with Gasteiger partial charge in [0.15, 0.2) is 0 Å². The fraction of sp³-hybridized carbons (Fsp3) is 0.375. The van der Waals surface area contributed by atoms with Crippen LogP contribution in [0.5, 0.6) is 0 Å². The highest BCUT2D eigenvalue weighted by Crippen LogP contribution is 2.18. The van der Waals surface area contributed by atoms with Gasteiger partial charge in [0.25, 0.3) is 0 Å². The molecule has 1 unspecified atom stereocenters. The summed E-state index contributed by atoms with van der Waals surface area (Å²) in [4.78, 5) is 25.7. The van der Waals surface area contributed by atoms with E-state index in [9.17, 15) is 14.0 Å². The van der Waals surface area contributed by atoms with Crippen molar-refractivity contribution in [3.63, 3.8) is 0 Å². The third-order valence-electron chi connectivity index (χ3n) is 3.60. The highest BCUT2D eigenvalue weighted by molar-refractivity contribution is 5.95. The number of nitrogens with one attached hydrogen (secondary N) is 1. The number of amides is 2. The fourth-order valence-electron chi connectivity index (χ4n) is 2.51. The van der Waals surface area contributed by atoms with Crippen LogP contribution < -0.4 is 5.32 Å². The molecule has 0 aromatic heterocycles. The molecule has 1 aliphatic heterocycles. The third-order valence-corrected chi connectivity index (χ3v) is 3.60. The number of nitrogens with zero attached hydrogens (tertiary/aromatic N) is 1. The SMILES string of the molecule is CNC(=O)C1CCCCN1C(=O)/C=C/c1cccc(F)c1. The Morgan fingerprint density at radius 2 is 2.19 bits per heavy atom. The van der Waals surface area contributed by atoms with Crippen molar-refractivity contribution in [2.75, 3.05) is 13.6 Å². The smallest absolute Gasteiger partial charge is 0.247 e. The number of hydrogen-bond donors (Lipinski definition) is 1. The van der Waals surface area contributed by atoms with Gasteiger partial charge in [-0.25, -0.2) is 4.39 Å². The molecular formula is C16H19FN2O2. The molecule has 21 heavy (non-hydrogen) atoms. The molecule has 0 saturated carbocycles. The molecule has 1 aromatic rings. The molecule has 5 heteroatoms. The number of halogens is 1. The number of benzene rings is 1. The molecular weight excluding hydrogens is 271 g/mol. The molecule has 2 rings (SSSR count). The summed E-state index contributed by atoms with van der Waals surface area (Å²) in [6.07, 6.45) is 5.48. The summed E-state index contributed by atoms with van der Waals surface area (Å²) in [6.45, 7) is 0.574. The second kappa shape index (κ2) is 7.02. The van der Waals surface area contributed by atoms with E-state index in [0.717, 1.165) is 12.8 Å². The Balaban J connectivity index is 2.08. The Hall–Kier alpha value is -2.17. The summed E-state index contributed by atoms with van der Waals surface area (Å²) in [7, 11) is 1.57. The topological polar surface area (TPSA) is 49.4 Å². The van der Waals surface area contributed by atoms with Crippen LogP contribution in [0.2, 0.25) is 0 Å². The van der Waals surface area contributed by atoms with Crippen LogP contribution in [0.1, 0.15) is 24.8 Å². The zero-order valence-electron chi connectivity index (χ0n) is 12.0. The minimum absolute atomic E-state index is 0.137. The van der Waals surface area contributed by atoms with E-state index in [1.54, 1.807) is 30.2 Å². The molecule has 112 valence electrons. The van der Waals surface area contributed by atoms with E-state index in [0.29, 0.717) is 18.5 Å². The van der Waals surface area contributed by atoms with Gasteiger partial charge in [-0.15, -0.1) is 0 Å². The second-order valence-corrected chi connectivity index (χ2v) is 5.05. The average Bonchev–Trinajstić information content (AvgIpc) is 2.52. The molecule has 0 bridgehead atoms. The highest BCUT2D eigenvalue weighted by atomic mass is 19.1. The second-order valence-electron chi connectivity index (χ2n) is 5.05. The molecule has 0 aliphatic carbocycles. The van der Waals surface area contributed by atoms with E-state index in [4.69, 9.17) is 0 Å². The molecule has 1 fully saturated rings. The number of carbonyl (C=O) groups is 2. The normalized spacial score (nSPS) is 18.8. The van der Waals surface area contributed by atoms with Crippen molar-refractivity contribution in [3.05, 3.63) is 41.7 Å². The number of likely N-dealkylation sites (N-methyl/N-ethyl adjacent to an activating group) is 1. The maximum absolute atomic E-state index is 13.1.